The second kappa shape index (κ2) is 4.79. The Morgan fingerprint density at radius 2 is 2.09 bits per heavy atom. The third-order valence-corrected chi connectivity index (χ3v) is 6.21. The molecule has 5 nitrogen and oxygen atoms in total. The maximum atomic E-state index is 12.5. The van der Waals surface area contributed by atoms with Gasteiger partial charge in [0.15, 0.2) is 5.60 Å². The van der Waals surface area contributed by atoms with Crippen molar-refractivity contribution < 1.29 is 24.0 Å². The summed E-state index contributed by atoms with van der Waals surface area (Å²) in [4.78, 5) is 24.1. The van der Waals surface area contributed by atoms with Crippen molar-refractivity contribution in [1.29, 1.82) is 0 Å². The first-order valence-electron chi connectivity index (χ1n) is 8.36. The number of allylic oxidation sites excluding steroid dienone is 1. The molecule has 22 heavy (non-hydrogen) atoms. The first kappa shape index (κ1) is 14.7. The zero-order valence-electron chi connectivity index (χ0n) is 13.2. The highest BCUT2D eigenvalue weighted by molar-refractivity contribution is 5.74. The van der Waals surface area contributed by atoms with Gasteiger partial charge in [0.05, 0.1) is 5.92 Å². The fourth-order valence-corrected chi connectivity index (χ4v) is 5.06. The molecule has 1 spiro atoms. The van der Waals surface area contributed by atoms with E-state index in [2.05, 4.69) is 13.5 Å². The van der Waals surface area contributed by atoms with Crippen molar-refractivity contribution >= 4 is 5.97 Å². The Bertz CT molecular complexity index is 505. The summed E-state index contributed by atoms with van der Waals surface area (Å²) >= 11 is 0. The molecule has 4 aliphatic heterocycles. The van der Waals surface area contributed by atoms with Crippen LogP contribution in [-0.4, -0.2) is 23.6 Å². The Morgan fingerprint density at radius 3 is 2.86 bits per heavy atom. The predicted molar refractivity (Wildman–Crippen MR) is 77.2 cm³/mol. The number of hydrogen-bond donors (Lipinski definition) is 0. The molecule has 4 heterocycles. The number of carbonyl (C=O) groups excluding carboxylic acids is 1. The number of ether oxygens (including phenoxy) is 2. The van der Waals surface area contributed by atoms with Gasteiger partial charge in [0.1, 0.15) is 0 Å². The van der Waals surface area contributed by atoms with Gasteiger partial charge in [-0.3, -0.25) is 4.79 Å². The molecule has 0 aromatic carbocycles. The van der Waals surface area contributed by atoms with Crippen molar-refractivity contribution in [2.75, 3.05) is 0 Å². The molecule has 5 rings (SSSR count). The van der Waals surface area contributed by atoms with Crippen LogP contribution in [0.2, 0.25) is 0 Å². The largest absolute Gasteiger partial charge is 0.432 e. The summed E-state index contributed by atoms with van der Waals surface area (Å²) in [7, 11) is 0. The van der Waals surface area contributed by atoms with Gasteiger partial charge >= 0.3 is 5.97 Å². The molecular formula is C17H24O5. The molecule has 1 saturated carbocycles. The number of rotatable bonds is 2. The van der Waals surface area contributed by atoms with Crippen molar-refractivity contribution in [2.45, 2.75) is 63.6 Å². The van der Waals surface area contributed by atoms with Gasteiger partial charge in [-0.2, -0.15) is 0 Å². The predicted octanol–water partition coefficient (Wildman–Crippen LogP) is 2.95. The summed E-state index contributed by atoms with van der Waals surface area (Å²) in [5.41, 5.74) is -0.657. The molecule has 1 aliphatic carbocycles. The van der Waals surface area contributed by atoms with E-state index in [1.54, 1.807) is 6.08 Å². The van der Waals surface area contributed by atoms with E-state index in [0.29, 0.717) is 18.3 Å². The number of hydrogen-bond acceptors (Lipinski definition) is 5. The van der Waals surface area contributed by atoms with Crippen molar-refractivity contribution in [3.63, 3.8) is 0 Å². The Balaban J connectivity index is 1.81. The molecule has 7 atom stereocenters. The molecule has 0 amide bonds. The minimum atomic E-state index is -0.816. The van der Waals surface area contributed by atoms with Gasteiger partial charge in [-0.25, -0.2) is 9.78 Å². The van der Waals surface area contributed by atoms with Crippen LogP contribution < -0.4 is 0 Å². The molecule has 5 aliphatic rings. The Kier molecular flexibility index (Phi) is 3.19. The van der Waals surface area contributed by atoms with Crippen molar-refractivity contribution in [3.05, 3.63) is 12.7 Å². The van der Waals surface area contributed by atoms with Gasteiger partial charge < -0.3 is 9.47 Å². The minimum Gasteiger partial charge on any atom is -0.432 e. The standard InChI is InChI=1S/C17H24O5/c1-4-5-11-13-7-6-10(2)12-8-9-16(3)20-15(19-14(11)18)17(12,13)22-21-16/h4,10-13,15H,1,5-9H2,2-3H3/t10-,11-,12+,13+,15-,16-,17-/m1/s1. The normalized spacial score (nSPS) is 53.4. The lowest BCUT2D eigenvalue weighted by atomic mass is 9.57. The number of fused-ring (bicyclic) bond motifs is 2. The van der Waals surface area contributed by atoms with E-state index in [1.807, 2.05) is 6.92 Å². The Hall–Kier alpha value is -0.910. The summed E-state index contributed by atoms with van der Waals surface area (Å²) in [6.45, 7) is 7.91. The van der Waals surface area contributed by atoms with Crippen LogP contribution in [0.4, 0.5) is 0 Å². The molecule has 0 aromatic rings. The SMILES string of the molecule is C=CC[C@H]1C(=O)O[C@@H]2O[C@@]3(C)CC[C@H]4[C@H](C)CC[C@@H]1[C@@]24OO3. The van der Waals surface area contributed by atoms with E-state index < -0.39 is 17.7 Å². The smallest absolute Gasteiger partial charge is 0.312 e. The van der Waals surface area contributed by atoms with Gasteiger partial charge in [-0.15, -0.1) is 6.58 Å². The second-order valence-electron chi connectivity index (χ2n) is 7.48. The molecule has 4 saturated heterocycles. The van der Waals surface area contributed by atoms with Crippen LogP contribution >= 0.6 is 0 Å². The van der Waals surface area contributed by atoms with Crippen LogP contribution in [0.1, 0.15) is 46.0 Å². The minimum absolute atomic E-state index is 0.0700. The number of carbonyl (C=O) groups is 1. The fraction of sp³-hybridized carbons (Fsp3) is 0.824. The topological polar surface area (TPSA) is 54.0 Å². The lowest BCUT2D eigenvalue weighted by Crippen LogP contribution is -2.69. The van der Waals surface area contributed by atoms with E-state index >= 15 is 0 Å². The van der Waals surface area contributed by atoms with Crippen LogP contribution in [0.3, 0.4) is 0 Å². The Morgan fingerprint density at radius 1 is 1.27 bits per heavy atom. The maximum absolute atomic E-state index is 12.5. The van der Waals surface area contributed by atoms with E-state index in [4.69, 9.17) is 19.2 Å². The monoisotopic (exact) mass is 308 g/mol. The molecule has 2 bridgehead atoms. The molecule has 0 radical (unpaired) electrons. The van der Waals surface area contributed by atoms with Crippen LogP contribution in [0, 0.1) is 23.7 Å². The average molecular weight is 308 g/mol. The first-order chi connectivity index (χ1) is 10.5. The van der Waals surface area contributed by atoms with Crippen molar-refractivity contribution in [1.82, 2.24) is 0 Å². The zero-order chi connectivity index (χ0) is 15.5. The van der Waals surface area contributed by atoms with Crippen LogP contribution in [0.5, 0.6) is 0 Å². The first-order valence-corrected chi connectivity index (χ1v) is 8.36. The van der Waals surface area contributed by atoms with E-state index in [0.717, 1.165) is 25.7 Å². The summed E-state index contributed by atoms with van der Waals surface area (Å²) in [6.07, 6.45) is 5.52. The van der Waals surface area contributed by atoms with E-state index in [-0.39, 0.29) is 17.8 Å². The highest BCUT2D eigenvalue weighted by atomic mass is 17.3. The third kappa shape index (κ3) is 1.79. The quantitative estimate of drug-likeness (QED) is 0.446. The molecule has 0 aromatic heterocycles. The lowest BCUT2D eigenvalue weighted by molar-refractivity contribution is -0.559. The van der Waals surface area contributed by atoms with E-state index in [9.17, 15) is 4.79 Å². The van der Waals surface area contributed by atoms with Gasteiger partial charge in [-0.1, -0.05) is 13.0 Å². The van der Waals surface area contributed by atoms with Crippen LogP contribution in [0.15, 0.2) is 12.7 Å². The molecule has 0 unspecified atom stereocenters. The van der Waals surface area contributed by atoms with Gasteiger partial charge in [0, 0.05) is 18.3 Å². The molecular weight excluding hydrogens is 284 g/mol. The highest BCUT2D eigenvalue weighted by Crippen LogP contribution is 2.60. The van der Waals surface area contributed by atoms with Crippen molar-refractivity contribution in [3.8, 4) is 0 Å². The lowest BCUT2D eigenvalue weighted by Gasteiger charge is -2.58. The van der Waals surface area contributed by atoms with Gasteiger partial charge in [0.2, 0.25) is 12.1 Å². The summed E-state index contributed by atoms with van der Waals surface area (Å²) in [5.74, 6) is -0.343. The second-order valence-corrected chi connectivity index (χ2v) is 7.48. The van der Waals surface area contributed by atoms with Crippen LogP contribution in [-0.2, 0) is 24.0 Å². The van der Waals surface area contributed by atoms with Crippen molar-refractivity contribution in [2.24, 2.45) is 23.7 Å². The summed E-state index contributed by atoms with van der Waals surface area (Å²) in [5, 5.41) is 0. The fourth-order valence-electron chi connectivity index (χ4n) is 5.06. The van der Waals surface area contributed by atoms with E-state index in [1.165, 1.54) is 0 Å². The Labute approximate surface area is 130 Å². The summed E-state index contributed by atoms with van der Waals surface area (Å²) < 4.78 is 11.8. The van der Waals surface area contributed by atoms with Gasteiger partial charge in [-0.05, 0) is 38.5 Å². The van der Waals surface area contributed by atoms with Gasteiger partial charge in [0.25, 0.3) is 0 Å². The molecule has 122 valence electrons. The van der Waals surface area contributed by atoms with Crippen LogP contribution in [0.25, 0.3) is 0 Å². The molecule has 5 fully saturated rings. The maximum Gasteiger partial charge on any atom is 0.312 e. The molecule has 0 N–H and O–H groups in total. The summed E-state index contributed by atoms with van der Waals surface area (Å²) in [6, 6.07) is 0. The number of esters is 1. The highest BCUT2D eigenvalue weighted by Gasteiger charge is 2.70. The zero-order valence-corrected chi connectivity index (χ0v) is 13.2. The third-order valence-electron chi connectivity index (χ3n) is 6.21. The molecule has 5 heteroatoms. The average Bonchev–Trinajstić information content (AvgIpc) is 2.70.